The van der Waals surface area contributed by atoms with Gasteiger partial charge in [-0.25, -0.2) is 4.39 Å². The number of rotatable bonds is 4. The molecule has 0 aromatic heterocycles. The van der Waals surface area contributed by atoms with Crippen molar-refractivity contribution < 1.29 is 18.7 Å². The Hall–Kier alpha value is -1.26. The van der Waals surface area contributed by atoms with Gasteiger partial charge in [0.25, 0.3) is 0 Å². The lowest BCUT2D eigenvalue weighted by Gasteiger charge is -2.15. The van der Waals surface area contributed by atoms with Crippen LogP contribution in [0.3, 0.4) is 0 Å². The molecule has 0 aliphatic carbocycles. The lowest BCUT2D eigenvalue weighted by Crippen LogP contribution is -2.08. The van der Waals surface area contributed by atoms with Gasteiger partial charge in [-0.2, -0.15) is 0 Å². The molecular weight excluding hydrogens is 187 g/mol. The highest BCUT2D eigenvalue weighted by atomic mass is 19.1. The normalized spacial score (nSPS) is 10.6. The van der Waals surface area contributed by atoms with E-state index in [0.29, 0.717) is 11.8 Å². The summed E-state index contributed by atoms with van der Waals surface area (Å²) in [6, 6.07) is 4.31. The number of ether oxygens (including phenoxy) is 2. The Bertz CT molecular complexity index is 321. The molecule has 0 unspecified atom stereocenters. The van der Waals surface area contributed by atoms with Crippen LogP contribution in [0.5, 0.6) is 0 Å². The minimum absolute atomic E-state index is 0.0267. The van der Waals surface area contributed by atoms with Crippen LogP contribution >= 0.6 is 0 Å². The number of methoxy groups -OCH3 is 2. The second-order valence-electron chi connectivity index (χ2n) is 2.66. The minimum atomic E-state index is -0.717. The Kier molecular flexibility index (Phi) is 3.73. The topological polar surface area (TPSA) is 35.5 Å². The van der Waals surface area contributed by atoms with Crippen molar-refractivity contribution in [2.24, 2.45) is 0 Å². The third-order valence-corrected chi connectivity index (χ3v) is 1.89. The zero-order valence-corrected chi connectivity index (χ0v) is 7.99. The van der Waals surface area contributed by atoms with Crippen LogP contribution in [0.1, 0.15) is 22.2 Å². The predicted octanol–water partition coefficient (Wildman–Crippen LogP) is 1.93. The van der Waals surface area contributed by atoms with Crippen molar-refractivity contribution in [1.82, 2.24) is 0 Å². The Morgan fingerprint density at radius 1 is 1.36 bits per heavy atom. The number of aldehydes is 1. The van der Waals surface area contributed by atoms with E-state index in [0.717, 1.165) is 0 Å². The fourth-order valence-corrected chi connectivity index (χ4v) is 1.23. The van der Waals surface area contributed by atoms with Gasteiger partial charge in [-0.15, -0.1) is 0 Å². The molecule has 0 saturated heterocycles. The molecule has 1 aromatic rings. The van der Waals surface area contributed by atoms with Crippen LogP contribution in [0.15, 0.2) is 18.2 Å². The maximum absolute atomic E-state index is 13.1. The number of hydrogen-bond acceptors (Lipinski definition) is 3. The summed E-state index contributed by atoms with van der Waals surface area (Å²) in [4.78, 5) is 10.6. The number of carbonyl (C=O) groups is 1. The third kappa shape index (κ3) is 1.97. The average Bonchev–Trinajstić information content (AvgIpc) is 2.20. The highest BCUT2D eigenvalue weighted by Crippen LogP contribution is 2.22. The molecule has 0 aliphatic rings. The van der Waals surface area contributed by atoms with Crippen molar-refractivity contribution in [1.29, 1.82) is 0 Å². The van der Waals surface area contributed by atoms with Crippen molar-refractivity contribution in [3.63, 3.8) is 0 Å². The molecule has 0 saturated carbocycles. The van der Waals surface area contributed by atoms with Crippen LogP contribution in [0.25, 0.3) is 0 Å². The van der Waals surface area contributed by atoms with Crippen LogP contribution in [-0.2, 0) is 9.47 Å². The van der Waals surface area contributed by atoms with Crippen LogP contribution in [-0.4, -0.2) is 20.5 Å². The van der Waals surface area contributed by atoms with Gasteiger partial charge in [0, 0.05) is 19.8 Å². The molecule has 76 valence electrons. The zero-order valence-electron chi connectivity index (χ0n) is 7.99. The SMILES string of the molecule is COC(OC)c1cccc(F)c1C=O. The van der Waals surface area contributed by atoms with E-state index < -0.39 is 12.1 Å². The molecule has 0 atom stereocenters. The van der Waals surface area contributed by atoms with Gasteiger partial charge in [-0.1, -0.05) is 12.1 Å². The summed E-state index contributed by atoms with van der Waals surface area (Å²) in [6.45, 7) is 0. The lowest BCUT2D eigenvalue weighted by molar-refractivity contribution is -0.106. The second kappa shape index (κ2) is 4.83. The number of hydrogen-bond donors (Lipinski definition) is 0. The number of carbonyl (C=O) groups excluding carboxylic acids is 1. The summed E-state index contributed by atoms with van der Waals surface area (Å²) in [5.74, 6) is -0.573. The van der Waals surface area contributed by atoms with Gasteiger partial charge in [0.1, 0.15) is 5.82 Å². The first-order valence-electron chi connectivity index (χ1n) is 4.03. The van der Waals surface area contributed by atoms with Gasteiger partial charge < -0.3 is 9.47 Å². The molecule has 0 fully saturated rings. The third-order valence-electron chi connectivity index (χ3n) is 1.89. The van der Waals surface area contributed by atoms with Gasteiger partial charge in [0.15, 0.2) is 12.6 Å². The van der Waals surface area contributed by atoms with Crippen molar-refractivity contribution >= 4 is 6.29 Å². The molecule has 0 bridgehead atoms. The maximum Gasteiger partial charge on any atom is 0.183 e. The Labute approximate surface area is 81.4 Å². The van der Waals surface area contributed by atoms with Crippen molar-refractivity contribution in [2.45, 2.75) is 6.29 Å². The van der Waals surface area contributed by atoms with E-state index in [-0.39, 0.29) is 5.56 Å². The Balaban J connectivity index is 3.18. The predicted molar refractivity (Wildman–Crippen MR) is 48.5 cm³/mol. The van der Waals surface area contributed by atoms with E-state index >= 15 is 0 Å². The summed E-state index contributed by atoms with van der Waals surface area (Å²) in [5, 5.41) is 0. The standard InChI is InChI=1S/C10H11FO3/c1-13-10(14-2)7-4-3-5-9(11)8(7)6-12/h3-6,10H,1-2H3. The maximum atomic E-state index is 13.1. The highest BCUT2D eigenvalue weighted by Gasteiger charge is 2.16. The molecule has 1 rings (SSSR count). The number of halogens is 1. The van der Waals surface area contributed by atoms with Gasteiger partial charge in [0.05, 0.1) is 5.56 Å². The van der Waals surface area contributed by atoms with Crippen molar-refractivity contribution in [3.05, 3.63) is 35.1 Å². The summed E-state index contributed by atoms with van der Waals surface area (Å²) in [6.07, 6.45) is -0.263. The smallest absolute Gasteiger partial charge is 0.183 e. The van der Waals surface area contributed by atoms with E-state index in [1.165, 1.54) is 26.4 Å². The van der Waals surface area contributed by atoms with Crippen LogP contribution < -0.4 is 0 Å². The lowest BCUT2D eigenvalue weighted by atomic mass is 10.1. The molecule has 0 N–H and O–H groups in total. The molecule has 0 spiro atoms. The molecule has 4 heteroatoms. The van der Waals surface area contributed by atoms with E-state index in [4.69, 9.17) is 9.47 Å². The van der Waals surface area contributed by atoms with Gasteiger partial charge >= 0.3 is 0 Å². The van der Waals surface area contributed by atoms with Crippen LogP contribution in [0, 0.1) is 5.82 Å². The first-order chi connectivity index (χ1) is 6.74. The molecular formula is C10H11FO3. The van der Waals surface area contributed by atoms with Gasteiger partial charge in [0.2, 0.25) is 0 Å². The number of benzene rings is 1. The highest BCUT2D eigenvalue weighted by molar-refractivity contribution is 5.77. The average molecular weight is 198 g/mol. The summed E-state index contributed by atoms with van der Waals surface area (Å²) in [7, 11) is 2.85. The zero-order chi connectivity index (χ0) is 10.6. The van der Waals surface area contributed by atoms with E-state index in [9.17, 15) is 9.18 Å². The largest absolute Gasteiger partial charge is 0.352 e. The molecule has 0 heterocycles. The Morgan fingerprint density at radius 2 is 2.00 bits per heavy atom. The van der Waals surface area contributed by atoms with Crippen molar-refractivity contribution in [3.8, 4) is 0 Å². The van der Waals surface area contributed by atoms with E-state index in [2.05, 4.69) is 0 Å². The fraction of sp³-hybridized carbons (Fsp3) is 0.300. The quantitative estimate of drug-likeness (QED) is 0.547. The Morgan fingerprint density at radius 3 is 2.50 bits per heavy atom. The summed E-state index contributed by atoms with van der Waals surface area (Å²) in [5.41, 5.74) is 0.367. The molecule has 0 aliphatic heterocycles. The molecule has 0 radical (unpaired) electrons. The monoisotopic (exact) mass is 198 g/mol. The minimum Gasteiger partial charge on any atom is -0.352 e. The van der Waals surface area contributed by atoms with Crippen LogP contribution in [0.4, 0.5) is 4.39 Å². The first-order valence-corrected chi connectivity index (χ1v) is 4.03. The summed E-state index contributed by atoms with van der Waals surface area (Å²) < 4.78 is 23.0. The summed E-state index contributed by atoms with van der Waals surface area (Å²) >= 11 is 0. The van der Waals surface area contributed by atoms with Crippen molar-refractivity contribution in [2.75, 3.05) is 14.2 Å². The molecule has 1 aromatic carbocycles. The molecule has 14 heavy (non-hydrogen) atoms. The van der Waals surface area contributed by atoms with Gasteiger partial charge in [-0.05, 0) is 6.07 Å². The van der Waals surface area contributed by atoms with E-state index in [1.807, 2.05) is 0 Å². The van der Waals surface area contributed by atoms with E-state index in [1.54, 1.807) is 6.07 Å². The van der Waals surface area contributed by atoms with Gasteiger partial charge in [-0.3, -0.25) is 4.79 Å². The second-order valence-corrected chi connectivity index (χ2v) is 2.66. The fourth-order valence-electron chi connectivity index (χ4n) is 1.23. The molecule has 0 amide bonds. The van der Waals surface area contributed by atoms with Crippen LogP contribution in [0.2, 0.25) is 0 Å². The first kappa shape index (κ1) is 10.8. The molecule has 3 nitrogen and oxygen atoms in total.